The smallest absolute Gasteiger partial charge is 0.257 e. The van der Waals surface area contributed by atoms with Gasteiger partial charge in [0, 0.05) is 45.9 Å². The van der Waals surface area contributed by atoms with Crippen molar-refractivity contribution in [1.82, 2.24) is 9.80 Å². The Morgan fingerprint density at radius 3 is 2.55 bits per heavy atom. The number of benzene rings is 1. The van der Waals surface area contributed by atoms with Crippen molar-refractivity contribution in [2.75, 3.05) is 51.4 Å². The second-order valence-corrected chi connectivity index (χ2v) is 10.8. The number of rotatable bonds is 5. The van der Waals surface area contributed by atoms with Gasteiger partial charge in [-0.15, -0.1) is 0 Å². The van der Waals surface area contributed by atoms with E-state index in [2.05, 4.69) is 23.5 Å². The summed E-state index contributed by atoms with van der Waals surface area (Å²) in [7, 11) is 0.0119. The number of nitrogens with one attached hydrogen (secondary N) is 1. The number of sulfonamides is 1. The van der Waals surface area contributed by atoms with Crippen molar-refractivity contribution in [2.45, 2.75) is 38.8 Å². The average Bonchev–Trinajstić information content (AvgIpc) is 3.51. The number of hydrogen-bond acceptors (Lipinski definition) is 6. The zero-order chi connectivity index (χ0) is 22.8. The molecule has 1 aromatic rings. The first-order valence-electron chi connectivity index (χ1n) is 10.8. The Hall–Kier alpha value is -1.84. The molecule has 0 radical (unpaired) electrons. The van der Waals surface area contributed by atoms with E-state index in [0.717, 1.165) is 25.3 Å². The second kappa shape index (κ2) is 9.75. The van der Waals surface area contributed by atoms with E-state index < -0.39 is 10.0 Å². The van der Waals surface area contributed by atoms with Gasteiger partial charge in [0.05, 0.1) is 23.6 Å². The van der Waals surface area contributed by atoms with Crippen LogP contribution < -0.4 is 9.46 Å². The highest BCUT2D eigenvalue weighted by molar-refractivity contribution is 7.92. The lowest BCUT2D eigenvalue weighted by molar-refractivity contribution is 0.00994. The van der Waals surface area contributed by atoms with Gasteiger partial charge >= 0.3 is 0 Å². The van der Waals surface area contributed by atoms with E-state index in [1.54, 1.807) is 37.3 Å². The van der Waals surface area contributed by atoms with Gasteiger partial charge in [-0.2, -0.15) is 0 Å². The van der Waals surface area contributed by atoms with Gasteiger partial charge in [0.1, 0.15) is 12.4 Å². The number of methoxy groups -OCH3 is 1. The highest BCUT2D eigenvalue weighted by Gasteiger charge is 2.31. The number of hydrogen-bond donors (Lipinski definition) is 1. The molecule has 174 valence electrons. The zero-order valence-electron chi connectivity index (χ0n) is 19.1. The first-order chi connectivity index (χ1) is 14.6. The van der Waals surface area contributed by atoms with Crippen molar-refractivity contribution in [3.8, 4) is 5.75 Å². The molecule has 0 unspecified atom stereocenters. The largest absolute Gasteiger partial charge is 0.491 e. The number of anilines is 1. The summed E-state index contributed by atoms with van der Waals surface area (Å²) in [4.78, 5) is 17.3. The van der Waals surface area contributed by atoms with Crippen LogP contribution in [0.2, 0.25) is 0 Å². The lowest BCUT2D eigenvalue weighted by Gasteiger charge is -2.36. The fraction of sp³-hybridized carbons (Fsp3) is 0.682. The molecule has 1 aliphatic heterocycles. The molecule has 1 aromatic carbocycles. The van der Waals surface area contributed by atoms with E-state index in [0.29, 0.717) is 30.2 Å². The molecule has 2 aliphatic rings. The Morgan fingerprint density at radius 2 is 1.94 bits per heavy atom. The van der Waals surface area contributed by atoms with Gasteiger partial charge in [-0.05, 0) is 43.7 Å². The molecule has 1 fully saturated rings. The number of fused-ring (bicyclic) bond motifs is 1. The number of amides is 1. The van der Waals surface area contributed by atoms with Gasteiger partial charge in [-0.1, -0.05) is 6.92 Å². The van der Waals surface area contributed by atoms with Crippen LogP contribution in [0.25, 0.3) is 0 Å². The van der Waals surface area contributed by atoms with Crippen LogP contribution >= 0.6 is 0 Å². The van der Waals surface area contributed by atoms with Crippen LogP contribution in [-0.2, 0) is 14.8 Å². The van der Waals surface area contributed by atoms with E-state index >= 15 is 0 Å². The molecule has 0 saturated heterocycles. The third-order valence-corrected chi connectivity index (χ3v) is 6.68. The summed E-state index contributed by atoms with van der Waals surface area (Å²) in [5, 5.41) is 0. The van der Waals surface area contributed by atoms with Crippen molar-refractivity contribution < 1.29 is 22.7 Å². The van der Waals surface area contributed by atoms with Crippen molar-refractivity contribution in [2.24, 2.45) is 11.8 Å². The van der Waals surface area contributed by atoms with Crippen molar-refractivity contribution in [3.05, 3.63) is 23.8 Å². The molecule has 0 bridgehead atoms. The summed E-state index contributed by atoms with van der Waals surface area (Å²) in [5.41, 5.74) is 0.778. The minimum atomic E-state index is -3.44. The molecule has 1 amide bonds. The monoisotopic (exact) mass is 453 g/mol. The summed E-state index contributed by atoms with van der Waals surface area (Å²) in [5.74, 6) is 1.19. The number of carbonyl (C=O) groups excluding carboxylic acids is 1. The first kappa shape index (κ1) is 23.8. The van der Waals surface area contributed by atoms with Crippen LogP contribution in [-0.4, -0.2) is 82.9 Å². The Bertz CT molecular complexity index is 887. The van der Waals surface area contributed by atoms with Gasteiger partial charge in [-0.3, -0.25) is 14.4 Å². The van der Waals surface area contributed by atoms with Gasteiger partial charge in [0.25, 0.3) is 5.91 Å². The summed E-state index contributed by atoms with van der Waals surface area (Å²) in [6, 6.07) is 4.93. The predicted octanol–water partition coefficient (Wildman–Crippen LogP) is 2.27. The Morgan fingerprint density at radius 1 is 1.23 bits per heavy atom. The molecule has 0 spiro atoms. The average molecular weight is 454 g/mol. The maximum absolute atomic E-state index is 13.2. The summed E-state index contributed by atoms with van der Waals surface area (Å²) in [6.45, 7) is 7.07. The summed E-state index contributed by atoms with van der Waals surface area (Å²) < 4.78 is 37.6. The normalized spacial score (nSPS) is 26.4. The van der Waals surface area contributed by atoms with Crippen molar-refractivity contribution >= 4 is 21.6 Å². The molecule has 1 aliphatic carbocycles. The van der Waals surface area contributed by atoms with Crippen LogP contribution in [0, 0.1) is 11.8 Å². The second-order valence-electron chi connectivity index (χ2n) is 9.08. The number of ether oxygens (including phenoxy) is 2. The minimum absolute atomic E-state index is 0.0853. The standard InChI is InChI=1S/C22H35N3O5S/c1-15-11-25(12-17-6-7-17)16(2)14-30-20-10-18(23-31(5,27)28)8-9-19(20)22(26)24(3)13-21(15)29-4/h8-10,15-17,21,23H,6-7,11-14H2,1-5H3/t15-,16+,21-/m1/s1. The summed E-state index contributed by atoms with van der Waals surface area (Å²) >= 11 is 0. The van der Waals surface area contributed by atoms with Crippen molar-refractivity contribution in [3.63, 3.8) is 0 Å². The van der Waals surface area contributed by atoms with Crippen LogP contribution in [0.5, 0.6) is 5.75 Å². The molecule has 1 N–H and O–H groups in total. The molecule has 31 heavy (non-hydrogen) atoms. The molecular weight excluding hydrogens is 418 g/mol. The Labute approximate surface area is 185 Å². The fourth-order valence-electron chi connectivity index (χ4n) is 4.01. The van der Waals surface area contributed by atoms with Crippen LogP contribution in [0.15, 0.2) is 18.2 Å². The Kier molecular flexibility index (Phi) is 7.49. The zero-order valence-corrected chi connectivity index (χ0v) is 19.9. The molecule has 3 atom stereocenters. The van der Waals surface area contributed by atoms with Gasteiger partial charge < -0.3 is 14.4 Å². The SMILES string of the molecule is CO[C@@H]1CN(C)C(=O)c2ccc(NS(C)(=O)=O)cc2OC[C@H](C)N(CC2CC2)C[C@H]1C. The topological polar surface area (TPSA) is 88.2 Å². The Balaban J connectivity index is 1.93. The minimum Gasteiger partial charge on any atom is -0.491 e. The molecule has 0 aromatic heterocycles. The van der Waals surface area contributed by atoms with Crippen LogP contribution in [0.4, 0.5) is 5.69 Å². The van der Waals surface area contributed by atoms with E-state index in [-0.39, 0.29) is 24.0 Å². The maximum Gasteiger partial charge on any atom is 0.257 e. The van der Waals surface area contributed by atoms with E-state index in [1.165, 1.54) is 12.8 Å². The van der Waals surface area contributed by atoms with Crippen LogP contribution in [0.1, 0.15) is 37.0 Å². The number of nitrogens with zero attached hydrogens (tertiary/aromatic N) is 2. The molecular formula is C22H35N3O5S. The first-order valence-corrected chi connectivity index (χ1v) is 12.7. The molecule has 8 nitrogen and oxygen atoms in total. The third-order valence-electron chi connectivity index (χ3n) is 6.07. The quantitative estimate of drug-likeness (QED) is 0.736. The molecule has 1 heterocycles. The fourth-order valence-corrected chi connectivity index (χ4v) is 4.57. The number of likely N-dealkylation sites (N-methyl/N-ethyl adjacent to an activating group) is 1. The van der Waals surface area contributed by atoms with E-state index in [9.17, 15) is 13.2 Å². The van der Waals surface area contributed by atoms with Gasteiger partial charge in [-0.25, -0.2) is 8.42 Å². The highest BCUT2D eigenvalue weighted by Crippen LogP contribution is 2.32. The third kappa shape index (κ3) is 6.57. The van der Waals surface area contributed by atoms with Crippen molar-refractivity contribution in [1.29, 1.82) is 0 Å². The lowest BCUT2D eigenvalue weighted by Crippen LogP contribution is -2.47. The van der Waals surface area contributed by atoms with Gasteiger partial charge in [0.2, 0.25) is 10.0 Å². The van der Waals surface area contributed by atoms with Crippen LogP contribution in [0.3, 0.4) is 0 Å². The predicted molar refractivity (Wildman–Crippen MR) is 121 cm³/mol. The maximum atomic E-state index is 13.2. The van der Waals surface area contributed by atoms with E-state index in [1.807, 2.05) is 0 Å². The molecule has 1 saturated carbocycles. The molecule has 9 heteroatoms. The lowest BCUT2D eigenvalue weighted by atomic mass is 10.0. The molecule has 3 rings (SSSR count). The van der Waals surface area contributed by atoms with E-state index in [4.69, 9.17) is 9.47 Å². The van der Waals surface area contributed by atoms with Gasteiger partial charge in [0.15, 0.2) is 0 Å². The highest BCUT2D eigenvalue weighted by atomic mass is 32.2. The summed E-state index contributed by atoms with van der Waals surface area (Å²) in [6.07, 6.45) is 3.55. The number of carbonyl (C=O) groups is 1.